The van der Waals surface area contributed by atoms with Crippen molar-refractivity contribution in [3.05, 3.63) is 53.2 Å². The number of halogens is 1. The summed E-state index contributed by atoms with van der Waals surface area (Å²) < 4.78 is 33.3. The van der Waals surface area contributed by atoms with Crippen LogP contribution < -0.4 is 15.0 Å². The van der Waals surface area contributed by atoms with E-state index in [4.69, 9.17) is 16.3 Å². The van der Waals surface area contributed by atoms with Crippen LogP contribution in [0.25, 0.3) is 10.9 Å². The highest BCUT2D eigenvalue weighted by Crippen LogP contribution is 2.35. The first-order chi connectivity index (χ1) is 13.4. The molecule has 1 aliphatic rings. The van der Waals surface area contributed by atoms with E-state index in [1.54, 1.807) is 44.4 Å². The normalized spacial score (nSPS) is 15.2. The lowest BCUT2D eigenvalue weighted by atomic mass is 10.2. The Hall–Kier alpha value is -2.22. The van der Waals surface area contributed by atoms with Crippen LogP contribution in [0.15, 0.2) is 47.4 Å². The second-order valence-corrected chi connectivity index (χ2v) is 8.95. The van der Waals surface area contributed by atoms with Gasteiger partial charge < -0.3 is 15.0 Å². The molecule has 0 spiro atoms. The Balaban J connectivity index is 1.77. The smallest absolute Gasteiger partial charge is 0.268 e. The van der Waals surface area contributed by atoms with E-state index < -0.39 is 10.0 Å². The van der Waals surface area contributed by atoms with E-state index in [9.17, 15) is 8.42 Å². The van der Waals surface area contributed by atoms with Crippen LogP contribution in [-0.2, 0) is 10.0 Å². The third-order valence-electron chi connectivity index (χ3n) is 5.14. The molecule has 2 aromatic carbocycles. The van der Waals surface area contributed by atoms with E-state index in [0.29, 0.717) is 27.4 Å². The van der Waals surface area contributed by atoms with Gasteiger partial charge in [0.25, 0.3) is 10.0 Å². The van der Waals surface area contributed by atoms with Crippen LogP contribution in [-0.4, -0.2) is 45.7 Å². The van der Waals surface area contributed by atoms with Crippen LogP contribution in [0.4, 0.5) is 5.69 Å². The molecule has 3 aromatic rings. The van der Waals surface area contributed by atoms with Gasteiger partial charge >= 0.3 is 0 Å². The molecule has 0 saturated carbocycles. The van der Waals surface area contributed by atoms with E-state index in [1.165, 1.54) is 3.97 Å². The van der Waals surface area contributed by atoms with Gasteiger partial charge in [0, 0.05) is 37.3 Å². The molecule has 28 heavy (non-hydrogen) atoms. The maximum Gasteiger partial charge on any atom is 0.268 e. The lowest BCUT2D eigenvalue weighted by Crippen LogP contribution is -2.43. The largest absolute Gasteiger partial charge is 0.497 e. The van der Waals surface area contributed by atoms with Gasteiger partial charge in [-0.1, -0.05) is 11.6 Å². The fraction of sp³-hybridized carbons (Fsp3) is 0.300. The molecule has 0 unspecified atom stereocenters. The third-order valence-corrected chi connectivity index (χ3v) is 7.43. The molecule has 0 bridgehead atoms. The summed E-state index contributed by atoms with van der Waals surface area (Å²) in [5, 5.41) is 4.38. The summed E-state index contributed by atoms with van der Waals surface area (Å²) in [6, 6.07) is 12.3. The molecule has 1 fully saturated rings. The van der Waals surface area contributed by atoms with Gasteiger partial charge in [0.05, 0.1) is 28.2 Å². The molecular formula is C20H22ClN3O3S. The SMILES string of the molecule is COc1ccc2c(c1)c(Cl)c(C)n2S(=O)(=O)c1ccc(N2CCNCC2)cc1. The number of nitrogens with zero attached hydrogens (tertiary/aromatic N) is 2. The van der Waals surface area contributed by atoms with Crippen molar-refractivity contribution in [3.8, 4) is 5.75 Å². The minimum Gasteiger partial charge on any atom is -0.497 e. The minimum absolute atomic E-state index is 0.235. The second-order valence-electron chi connectivity index (χ2n) is 6.78. The Morgan fingerprint density at radius 1 is 1.07 bits per heavy atom. The van der Waals surface area contributed by atoms with Gasteiger partial charge in [0.15, 0.2) is 0 Å². The summed E-state index contributed by atoms with van der Waals surface area (Å²) in [7, 11) is -2.22. The van der Waals surface area contributed by atoms with Crippen LogP contribution in [0.2, 0.25) is 5.02 Å². The van der Waals surface area contributed by atoms with Crippen molar-refractivity contribution in [3.63, 3.8) is 0 Å². The summed E-state index contributed by atoms with van der Waals surface area (Å²) in [6.45, 7) is 5.38. The molecule has 0 aliphatic carbocycles. The molecule has 0 atom stereocenters. The second kappa shape index (κ2) is 7.31. The number of ether oxygens (including phenoxy) is 1. The highest BCUT2D eigenvalue weighted by atomic mass is 35.5. The number of hydrogen-bond acceptors (Lipinski definition) is 5. The first-order valence-corrected chi connectivity index (χ1v) is 10.9. The summed E-state index contributed by atoms with van der Waals surface area (Å²) >= 11 is 6.44. The van der Waals surface area contributed by atoms with Crippen molar-refractivity contribution >= 4 is 38.2 Å². The van der Waals surface area contributed by atoms with Crippen LogP contribution in [0.1, 0.15) is 5.69 Å². The molecule has 2 heterocycles. The number of methoxy groups -OCH3 is 1. The zero-order valence-corrected chi connectivity index (χ0v) is 17.3. The fourth-order valence-electron chi connectivity index (χ4n) is 3.63. The van der Waals surface area contributed by atoms with Crippen molar-refractivity contribution in [1.29, 1.82) is 0 Å². The standard InChI is InChI=1S/C20H22ClN3O3S/c1-14-20(21)18-13-16(27-2)5-8-19(18)24(14)28(25,26)17-6-3-15(4-7-17)23-11-9-22-10-12-23/h3-8,13,22H,9-12H2,1-2H3. The van der Waals surface area contributed by atoms with Gasteiger partial charge in [-0.05, 0) is 49.4 Å². The van der Waals surface area contributed by atoms with Crippen LogP contribution in [0.5, 0.6) is 5.75 Å². The predicted molar refractivity (Wildman–Crippen MR) is 112 cm³/mol. The monoisotopic (exact) mass is 419 g/mol. The lowest BCUT2D eigenvalue weighted by Gasteiger charge is -2.29. The topological polar surface area (TPSA) is 63.6 Å². The van der Waals surface area contributed by atoms with E-state index in [-0.39, 0.29) is 4.90 Å². The van der Waals surface area contributed by atoms with Gasteiger partial charge in [-0.25, -0.2) is 12.4 Å². The summed E-state index contributed by atoms with van der Waals surface area (Å²) in [5.74, 6) is 0.629. The van der Waals surface area contributed by atoms with Gasteiger partial charge in [-0.2, -0.15) is 0 Å². The van der Waals surface area contributed by atoms with Crippen molar-refractivity contribution in [2.75, 3.05) is 38.2 Å². The number of fused-ring (bicyclic) bond motifs is 1. The molecule has 1 N–H and O–H groups in total. The van der Waals surface area contributed by atoms with Crippen molar-refractivity contribution in [2.24, 2.45) is 0 Å². The summed E-state index contributed by atoms with van der Waals surface area (Å²) in [6.07, 6.45) is 0. The fourth-order valence-corrected chi connectivity index (χ4v) is 5.47. The van der Waals surface area contributed by atoms with E-state index in [1.807, 2.05) is 12.1 Å². The average molecular weight is 420 g/mol. The Labute approximate surface area is 169 Å². The van der Waals surface area contributed by atoms with Gasteiger partial charge in [0.2, 0.25) is 0 Å². The Morgan fingerprint density at radius 3 is 2.39 bits per heavy atom. The molecule has 6 nitrogen and oxygen atoms in total. The Morgan fingerprint density at radius 2 is 1.75 bits per heavy atom. The molecule has 1 aromatic heterocycles. The number of rotatable bonds is 4. The Kier molecular flexibility index (Phi) is 4.99. The quantitative estimate of drug-likeness (QED) is 0.703. The average Bonchev–Trinajstić information content (AvgIpc) is 2.99. The molecule has 4 rings (SSSR count). The number of hydrogen-bond donors (Lipinski definition) is 1. The molecule has 0 amide bonds. The molecule has 0 radical (unpaired) electrons. The third kappa shape index (κ3) is 3.13. The number of benzene rings is 2. The number of piperazine rings is 1. The van der Waals surface area contributed by atoms with Crippen molar-refractivity contribution in [2.45, 2.75) is 11.8 Å². The zero-order valence-electron chi connectivity index (χ0n) is 15.8. The van der Waals surface area contributed by atoms with Crippen molar-refractivity contribution < 1.29 is 13.2 Å². The lowest BCUT2D eigenvalue weighted by molar-refractivity contribution is 0.415. The van der Waals surface area contributed by atoms with Gasteiger partial charge in [-0.15, -0.1) is 0 Å². The van der Waals surface area contributed by atoms with E-state index in [2.05, 4.69) is 10.2 Å². The molecule has 148 valence electrons. The minimum atomic E-state index is -3.78. The number of aromatic nitrogens is 1. The maximum atomic E-state index is 13.4. The highest BCUT2D eigenvalue weighted by Gasteiger charge is 2.25. The van der Waals surface area contributed by atoms with Crippen LogP contribution in [0, 0.1) is 6.92 Å². The number of anilines is 1. The molecule has 8 heteroatoms. The van der Waals surface area contributed by atoms with Crippen LogP contribution >= 0.6 is 11.6 Å². The Bertz CT molecular complexity index is 1120. The summed E-state index contributed by atoms with van der Waals surface area (Å²) in [5.41, 5.74) is 2.04. The highest BCUT2D eigenvalue weighted by molar-refractivity contribution is 7.90. The molecule has 1 aliphatic heterocycles. The maximum absolute atomic E-state index is 13.4. The van der Waals surface area contributed by atoms with Gasteiger partial charge in [0.1, 0.15) is 5.75 Å². The van der Waals surface area contributed by atoms with E-state index in [0.717, 1.165) is 31.9 Å². The van der Waals surface area contributed by atoms with Crippen molar-refractivity contribution in [1.82, 2.24) is 9.29 Å². The first-order valence-electron chi connectivity index (χ1n) is 9.09. The predicted octanol–water partition coefficient (Wildman–Crippen LogP) is 3.26. The molecular weight excluding hydrogens is 398 g/mol. The van der Waals surface area contributed by atoms with Gasteiger partial charge in [-0.3, -0.25) is 0 Å². The number of nitrogens with one attached hydrogen (secondary N) is 1. The van der Waals surface area contributed by atoms with E-state index >= 15 is 0 Å². The molecule has 1 saturated heterocycles. The zero-order chi connectivity index (χ0) is 19.9. The van der Waals surface area contributed by atoms with Crippen LogP contribution in [0.3, 0.4) is 0 Å². The first kappa shape index (κ1) is 19.1. The summed E-state index contributed by atoms with van der Waals surface area (Å²) in [4.78, 5) is 2.48.